The maximum Gasteiger partial charge on any atom is 0.271 e. The first-order chi connectivity index (χ1) is 17.0. The Hall–Kier alpha value is -2.52. The van der Waals surface area contributed by atoms with Crippen molar-refractivity contribution in [2.75, 3.05) is 19.1 Å². The summed E-state index contributed by atoms with van der Waals surface area (Å²) in [6.07, 6.45) is 5.23. The van der Waals surface area contributed by atoms with Crippen LogP contribution in [-0.4, -0.2) is 18.7 Å². The summed E-state index contributed by atoms with van der Waals surface area (Å²) in [5.41, 5.74) is 3.68. The van der Waals surface area contributed by atoms with Gasteiger partial charge in [-0.25, -0.2) is 0 Å². The van der Waals surface area contributed by atoms with Gasteiger partial charge in [0.1, 0.15) is 20.0 Å². The summed E-state index contributed by atoms with van der Waals surface area (Å²) < 4.78 is 11.4. The molecule has 1 aliphatic heterocycles. The third-order valence-corrected chi connectivity index (χ3v) is 9.54. The van der Waals surface area contributed by atoms with E-state index >= 15 is 0 Å². The molecule has 36 heavy (non-hydrogen) atoms. The van der Waals surface area contributed by atoms with Crippen LogP contribution in [-0.2, 0) is 19.5 Å². The minimum absolute atomic E-state index is 0. The van der Waals surface area contributed by atoms with E-state index in [1.54, 1.807) is 41.5 Å². The van der Waals surface area contributed by atoms with Gasteiger partial charge in [0.15, 0.2) is 12.7 Å². The maximum atomic E-state index is 13.5. The normalized spacial score (nSPS) is 14.7. The smallest absolute Gasteiger partial charge is 0.271 e. The minimum atomic E-state index is 0. The molecule has 2 aromatic heterocycles. The molecule has 0 N–H and O–H groups in total. The van der Waals surface area contributed by atoms with E-state index in [-0.39, 0.29) is 18.0 Å². The number of thioether (sulfide) groups is 1. The van der Waals surface area contributed by atoms with Crippen molar-refractivity contribution in [2.24, 2.45) is 0 Å². The number of rotatable bonds is 6. The molecule has 0 aliphatic carbocycles. The molecule has 2 aromatic carbocycles. The van der Waals surface area contributed by atoms with Crippen molar-refractivity contribution in [1.82, 2.24) is 4.57 Å². The van der Waals surface area contributed by atoms with Gasteiger partial charge in [-0.2, -0.15) is 4.57 Å². The molecular formula is C27H28ClN3O2S3. The van der Waals surface area contributed by atoms with Crippen molar-refractivity contribution >= 4 is 51.2 Å². The van der Waals surface area contributed by atoms with Crippen LogP contribution >= 0.6 is 34.4 Å². The molecule has 4 aromatic rings. The second-order valence-corrected chi connectivity index (χ2v) is 11.3. The van der Waals surface area contributed by atoms with Crippen LogP contribution in [0.2, 0.25) is 0 Å². The number of nitrogens with zero attached hydrogens (tertiary/aromatic N) is 3. The molecule has 0 fully saturated rings. The van der Waals surface area contributed by atoms with Gasteiger partial charge < -0.3 is 22.0 Å². The van der Waals surface area contributed by atoms with Crippen molar-refractivity contribution in [2.45, 2.75) is 38.3 Å². The Labute approximate surface area is 229 Å². The van der Waals surface area contributed by atoms with E-state index in [1.807, 2.05) is 29.7 Å². The first-order valence-electron chi connectivity index (χ1n) is 11.6. The first kappa shape index (κ1) is 26.5. The van der Waals surface area contributed by atoms with Gasteiger partial charge in [-0.1, -0.05) is 48.2 Å². The lowest BCUT2D eigenvalue weighted by molar-refractivity contribution is -0.685. The summed E-state index contributed by atoms with van der Waals surface area (Å²) in [4.78, 5) is 16.9. The quantitative estimate of drug-likeness (QED) is 0.332. The average molecular weight is 558 g/mol. The van der Waals surface area contributed by atoms with E-state index in [0.717, 1.165) is 42.7 Å². The fraction of sp³-hybridized carbons (Fsp3) is 0.259. The Bertz CT molecular complexity index is 1570. The molecule has 0 bridgehead atoms. The van der Waals surface area contributed by atoms with Crippen molar-refractivity contribution in [1.29, 1.82) is 0 Å². The number of aryl methyl sites for hydroxylation is 1. The molecule has 188 valence electrons. The van der Waals surface area contributed by atoms with Crippen molar-refractivity contribution in [3.8, 4) is 5.75 Å². The van der Waals surface area contributed by atoms with E-state index in [2.05, 4.69) is 65.4 Å². The number of anilines is 1. The number of methoxy groups -OCH3 is 1. The second kappa shape index (κ2) is 11.3. The average Bonchev–Trinajstić information content (AvgIpc) is 3.54. The van der Waals surface area contributed by atoms with Gasteiger partial charge in [0.05, 0.1) is 29.8 Å². The summed E-state index contributed by atoms with van der Waals surface area (Å²) in [5.74, 6) is 0.879. The maximum absolute atomic E-state index is 13.5. The summed E-state index contributed by atoms with van der Waals surface area (Å²) >= 11 is 4.95. The predicted molar refractivity (Wildman–Crippen MR) is 147 cm³/mol. The number of para-hydroxylation sites is 1. The fourth-order valence-electron chi connectivity index (χ4n) is 4.27. The standard InChI is InChI=1S/C27H28N3O2S3.ClH/c1-5-18-11-12-20-22(15-18)34-27(28(20)3)25-26(31)30(6-2)24(35-25)16-23-29(13-14-33-23)17-19-9-7-8-10-21(19)32-4;/h7-16H,5-6,17H2,1-4H3;1H/q+1;/p-1/b27-25+;. The highest BCUT2D eigenvalue weighted by Crippen LogP contribution is 2.45. The van der Waals surface area contributed by atoms with Crippen molar-refractivity contribution in [3.05, 3.63) is 89.7 Å². The third-order valence-electron chi connectivity index (χ3n) is 6.22. The van der Waals surface area contributed by atoms with Crippen LogP contribution in [0, 0.1) is 0 Å². The molecule has 5 nitrogen and oxygen atoms in total. The number of fused-ring (bicyclic) bond motifs is 1. The molecule has 0 saturated heterocycles. The summed E-state index contributed by atoms with van der Waals surface area (Å²) in [7, 11) is 3.76. The molecule has 0 saturated carbocycles. The monoisotopic (exact) mass is 557 g/mol. The number of hydrogen-bond donors (Lipinski definition) is 0. The number of halogens is 1. The lowest BCUT2D eigenvalue weighted by Crippen LogP contribution is -3.00. The van der Waals surface area contributed by atoms with Crippen molar-refractivity contribution < 1.29 is 21.7 Å². The molecule has 3 heterocycles. The molecule has 5 rings (SSSR count). The largest absolute Gasteiger partial charge is 1.00 e. The Morgan fingerprint density at radius 3 is 2.69 bits per heavy atom. The SMILES string of the molecule is CCc1ccc2c(c1)S/C(=c1/s/c(=C\c3scc[n+]3Cc3ccccc3OC)n(CC)c1=O)N2C.[Cl-]. The molecule has 0 unspecified atom stereocenters. The molecule has 0 radical (unpaired) electrons. The Balaban J connectivity index is 0.00000304. The topological polar surface area (TPSA) is 38.4 Å². The van der Waals surface area contributed by atoms with Crippen LogP contribution in [0.5, 0.6) is 5.75 Å². The highest BCUT2D eigenvalue weighted by atomic mass is 35.5. The van der Waals surface area contributed by atoms with Crippen LogP contribution < -0.4 is 41.4 Å². The molecule has 1 aliphatic rings. The molecule has 0 spiro atoms. The molecule has 0 amide bonds. The van der Waals surface area contributed by atoms with E-state index in [4.69, 9.17) is 4.74 Å². The van der Waals surface area contributed by atoms with Gasteiger partial charge >= 0.3 is 0 Å². The van der Waals surface area contributed by atoms with Gasteiger partial charge in [0, 0.05) is 18.5 Å². The summed E-state index contributed by atoms with van der Waals surface area (Å²) in [5, 5.41) is 4.19. The number of thiazole rings is 2. The highest BCUT2D eigenvalue weighted by molar-refractivity contribution is 8.08. The van der Waals surface area contributed by atoms with Gasteiger partial charge in [-0.3, -0.25) is 9.36 Å². The van der Waals surface area contributed by atoms with E-state index in [9.17, 15) is 4.79 Å². The van der Waals surface area contributed by atoms with Crippen molar-refractivity contribution in [3.63, 3.8) is 0 Å². The van der Waals surface area contributed by atoms with Gasteiger partial charge in [0.25, 0.3) is 10.6 Å². The Kier molecular flexibility index (Phi) is 8.30. The van der Waals surface area contributed by atoms with Crippen LogP contribution in [0.15, 0.2) is 63.7 Å². The lowest BCUT2D eigenvalue weighted by atomic mass is 10.1. The van der Waals surface area contributed by atoms with Crippen LogP contribution in [0.25, 0.3) is 11.1 Å². The van der Waals surface area contributed by atoms with Crippen LogP contribution in [0.4, 0.5) is 5.69 Å². The van der Waals surface area contributed by atoms with Gasteiger partial charge in [-0.05, 0) is 43.2 Å². The zero-order valence-corrected chi connectivity index (χ0v) is 23.9. The number of benzene rings is 2. The van der Waals surface area contributed by atoms with Gasteiger partial charge in [-0.15, -0.1) is 11.3 Å². The Morgan fingerprint density at radius 2 is 1.94 bits per heavy atom. The van der Waals surface area contributed by atoms with E-state index < -0.39 is 0 Å². The minimum Gasteiger partial charge on any atom is -1.00 e. The first-order valence-corrected chi connectivity index (χ1v) is 14.1. The summed E-state index contributed by atoms with van der Waals surface area (Å²) in [6.45, 7) is 5.54. The summed E-state index contributed by atoms with van der Waals surface area (Å²) in [6, 6.07) is 14.7. The van der Waals surface area contributed by atoms with Crippen LogP contribution in [0.1, 0.15) is 30.0 Å². The molecule has 9 heteroatoms. The predicted octanol–water partition coefficient (Wildman–Crippen LogP) is 1.04. The number of aromatic nitrogens is 2. The molecule has 0 atom stereocenters. The second-order valence-electron chi connectivity index (χ2n) is 8.27. The van der Waals surface area contributed by atoms with Crippen LogP contribution in [0.3, 0.4) is 0 Å². The fourth-order valence-corrected chi connectivity index (χ4v) is 7.65. The van der Waals surface area contributed by atoms with E-state index in [0.29, 0.717) is 13.1 Å². The third kappa shape index (κ3) is 4.87. The highest BCUT2D eigenvalue weighted by Gasteiger charge is 2.25. The Morgan fingerprint density at radius 1 is 1.14 bits per heavy atom. The zero-order valence-electron chi connectivity index (χ0n) is 20.7. The number of ether oxygens (including phenoxy) is 1. The molecular weight excluding hydrogens is 530 g/mol. The van der Waals surface area contributed by atoms with Gasteiger partial charge in [0.2, 0.25) is 0 Å². The number of hydrogen-bond acceptors (Lipinski definition) is 6. The lowest BCUT2D eigenvalue weighted by Gasteiger charge is -2.12. The zero-order chi connectivity index (χ0) is 24.5. The van der Waals surface area contributed by atoms with E-state index in [1.165, 1.54) is 10.5 Å².